The minimum Gasteiger partial charge on any atom is -0.427 e. The van der Waals surface area contributed by atoms with Gasteiger partial charge in [-0.1, -0.05) is 6.92 Å². The first-order valence-electron chi connectivity index (χ1n) is 13.8. The van der Waals surface area contributed by atoms with Crippen molar-refractivity contribution in [3.63, 3.8) is 0 Å². The molecule has 232 valence electrons. The zero-order valence-electron chi connectivity index (χ0n) is 25.2. The molecule has 0 spiro atoms. The highest BCUT2D eigenvalue weighted by molar-refractivity contribution is 8.03. The number of fused-ring (bicyclic) bond motifs is 1. The highest BCUT2D eigenvalue weighted by Gasteiger charge is 2.60. The van der Waals surface area contributed by atoms with E-state index in [1.807, 2.05) is 11.8 Å². The van der Waals surface area contributed by atoms with Crippen LogP contribution in [0.25, 0.3) is 0 Å². The lowest BCUT2D eigenvalue weighted by Crippen LogP contribution is -2.63. The lowest BCUT2D eigenvalue weighted by Gasteiger charge is -2.46. The molecule has 2 saturated heterocycles. The molecule has 0 unspecified atom stereocenters. The number of amides is 2. The van der Waals surface area contributed by atoms with E-state index in [4.69, 9.17) is 18.3 Å². The number of aliphatic hydroxyl groups is 1. The summed E-state index contributed by atoms with van der Waals surface area (Å²) in [4.78, 5) is 68.7. The average molecular weight is 610 g/mol. The van der Waals surface area contributed by atoms with Crippen LogP contribution >= 0.6 is 11.8 Å². The van der Waals surface area contributed by atoms with E-state index in [1.165, 1.54) is 21.6 Å². The average Bonchev–Trinajstić information content (AvgIpc) is 3.50. The fourth-order valence-electron chi connectivity index (χ4n) is 5.65. The van der Waals surface area contributed by atoms with Crippen molar-refractivity contribution in [1.29, 1.82) is 0 Å². The van der Waals surface area contributed by atoms with Crippen LogP contribution < -0.4 is 5.82 Å². The Morgan fingerprint density at radius 2 is 1.83 bits per heavy atom. The highest BCUT2D eigenvalue weighted by Crippen LogP contribution is 2.52. The van der Waals surface area contributed by atoms with Crippen LogP contribution in [0.4, 0.5) is 0 Å². The standard InChI is InChI=1S/C28H39N3O10S/c1-13-20-19(14(2)32)24(34)31(20)21(25(35)38-12-39-26(36)28(4,5)6)22(13)42-16-9-17(23(33)29(7)8)30(10-16)11-18-15(3)40-27(37)41-18/h13-14,16-17,19-20,32H,9-12H2,1-8H3/t13-,14-,16+,17+,19-,20-/m1/s1. The Morgan fingerprint density at radius 3 is 2.38 bits per heavy atom. The number of thioether (sulfide) groups is 1. The van der Waals surface area contributed by atoms with Gasteiger partial charge in [0.1, 0.15) is 11.5 Å². The van der Waals surface area contributed by atoms with Crippen LogP contribution in [0.1, 0.15) is 52.6 Å². The molecular weight excluding hydrogens is 570 g/mol. The van der Waals surface area contributed by atoms with E-state index < -0.39 is 54.1 Å². The molecule has 6 atom stereocenters. The summed E-state index contributed by atoms with van der Waals surface area (Å²) in [5.74, 6) is -2.96. The third-order valence-corrected chi connectivity index (χ3v) is 9.36. The molecule has 2 fully saturated rings. The second-order valence-corrected chi connectivity index (χ2v) is 13.6. The maximum absolute atomic E-state index is 13.4. The smallest absolute Gasteiger partial charge is 0.427 e. The second-order valence-electron chi connectivity index (χ2n) is 12.3. The van der Waals surface area contributed by atoms with Crippen molar-refractivity contribution in [3.8, 4) is 0 Å². The predicted octanol–water partition coefficient (Wildman–Crippen LogP) is 1.46. The normalized spacial score (nSPS) is 26.6. The Hall–Kier alpha value is -3.10. The monoisotopic (exact) mass is 609 g/mol. The van der Waals surface area contributed by atoms with Gasteiger partial charge in [-0.25, -0.2) is 9.59 Å². The van der Waals surface area contributed by atoms with E-state index >= 15 is 0 Å². The minimum absolute atomic E-state index is 0.0665. The summed E-state index contributed by atoms with van der Waals surface area (Å²) in [6.07, 6.45) is -0.476. The van der Waals surface area contributed by atoms with Gasteiger partial charge in [0.2, 0.25) is 18.6 Å². The number of aliphatic hydroxyl groups excluding tert-OH is 1. The number of rotatable bonds is 9. The third-order valence-electron chi connectivity index (χ3n) is 7.86. The first kappa shape index (κ1) is 31.8. The number of likely N-dealkylation sites (tertiary alicyclic amines) is 1. The summed E-state index contributed by atoms with van der Waals surface area (Å²) in [6.45, 7) is 10.1. The number of esters is 2. The van der Waals surface area contributed by atoms with E-state index in [1.54, 1.807) is 48.7 Å². The molecule has 4 heterocycles. The Morgan fingerprint density at radius 1 is 1.17 bits per heavy atom. The SMILES string of the molecule is Cc1oc(=O)oc1CN1C[C@@H](SC2=C(C(=O)OCOC(=O)C(C)(C)C)N3C(=O)[C@H]([C@@H](C)O)[C@H]3[C@H]2C)C[C@H]1C(=O)N(C)C. The molecule has 1 aromatic rings. The van der Waals surface area contributed by atoms with Crippen molar-refractivity contribution in [2.24, 2.45) is 17.3 Å². The number of carbonyl (C=O) groups excluding carboxylic acids is 4. The fourth-order valence-corrected chi connectivity index (χ4v) is 7.20. The first-order chi connectivity index (χ1) is 19.5. The number of hydrogen-bond donors (Lipinski definition) is 1. The van der Waals surface area contributed by atoms with Crippen molar-refractivity contribution in [2.75, 3.05) is 27.4 Å². The molecule has 2 amide bonds. The number of likely N-dealkylation sites (N-methyl/N-ethyl adjacent to an activating group) is 1. The van der Waals surface area contributed by atoms with Crippen molar-refractivity contribution in [1.82, 2.24) is 14.7 Å². The Labute approximate surface area is 248 Å². The van der Waals surface area contributed by atoms with Gasteiger partial charge in [0, 0.05) is 36.7 Å². The van der Waals surface area contributed by atoms with Crippen LogP contribution in [0, 0.1) is 24.2 Å². The summed E-state index contributed by atoms with van der Waals surface area (Å²) >= 11 is 1.39. The van der Waals surface area contributed by atoms with Crippen LogP contribution in [0.3, 0.4) is 0 Å². The molecule has 1 N–H and O–H groups in total. The number of ether oxygens (including phenoxy) is 2. The van der Waals surface area contributed by atoms with E-state index in [0.29, 0.717) is 29.4 Å². The van der Waals surface area contributed by atoms with Gasteiger partial charge in [-0.05, 0) is 41.0 Å². The molecule has 42 heavy (non-hydrogen) atoms. The Balaban J connectivity index is 1.59. The number of carbonyl (C=O) groups is 4. The molecule has 3 aliphatic rings. The van der Waals surface area contributed by atoms with Gasteiger partial charge in [-0.3, -0.25) is 19.3 Å². The molecule has 0 radical (unpaired) electrons. The van der Waals surface area contributed by atoms with Crippen molar-refractivity contribution in [3.05, 3.63) is 32.7 Å². The Kier molecular flexibility index (Phi) is 9.00. The van der Waals surface area contributed by atoms with Crippen molar-refractivity contribution in [2.45, 2.75) is 77.9 Å². The molecule has 0 saturated carbocycles. The third kappa shape index (κ3) is 6.02. The van der Waals surface area contributed by atoms with Gasteiger partial charge >= 0.3 is 17.8 Å². The molecule has 1 aromatic heterocycles. The van der Waals surface area contributed by atoms with Gasteiger partial charge in [-0.15, -0.1) is 11.8 Å². The van der Waals surface area contributed by atoms with Gasteiger partial charge in [-0.2, -0.15) is 0 Å². The lowest BCUT2D eigenvalue weighted by molar-refractivity contribution is -0.175. The molecule has 0 bridgehead atoms. The number of nitrogens with zero attached hydrogens (tertiary/aromatic N) is 3. The maximum atomic E-state index is 13.4. The Bertz CT molecular complexity index is 1340. The van der Waals surface area contributed by atoms with E-state index in [-0.39, 0.29) is 35.2 Å². The summed E-state index contributed by atoms with van der Waals surface area (Å²) in [5, 5.41) is 10.1. The summed E-state index contributed by atoms with van der Waals surface area (Å²) < 4.78 is 20.6. The molecule has 0 aromatic carbocycles. The summed E-state index contributed by atoms with van der Waals surface area (Å²) in [5.41, 5.74) is -0.721. The van der Waals surface area contributed by atoms with Crippen LogP contribution in [0.2, 0.25) is 0 Å². The first-order valence-corrected chi connectivity index (χ1v) is 14.7. The van der Waals surface area contributed by atoms with E-state index in [0.717, 1.165) is 0 Å². The van der Waals surface area contributed by atoms with E-state index in [9.17, 15) is 29.1 Å². The van der Waals surface area contributed by atoms with Gasteiger partial charge in [0.25, 0.3) is 0 Å². The van der Waals surface area contributed by atoms with Crippen LogP contribution in [-0.4, -0.2) is 94.4 Å². The topological polar surface area (TPSA) is 160 Å². The highest BCUT2D eigenvalue weighted by atomic mass is 32.2. The van der Waals surface area contributed by atoms with Crippen LogP contribution in [0.15, 0.2) is 24.2 Å². The predicted molar refractivity (Wildman–Crippen MR) is 149 cm³/mol. The maximum Gasteiger partial charge on any atom is 0.519 e. The molecule has 13 nitrogen and oxygen atoms in total. The molecule has 4 rings (SSSR count). The van der Waals surface area contributed by atoms with Crippen molar-refractivity contribution < 1.29 is 42.6 Å². The zero-order valence-corrected chi connectivity index (χ0v) is 26.0. The number of β-lactam (4-membered cyclic amide) rings is 1. The molecule has 3 aliphatic heterocycles. The molecule has 0 aliphatic carbocycles. The number of hydrogen-bond acceptors (Lipinski definition) is 12. The van der Waals surface area contributed by atoms with Gasteiger partial charge in [0.15, 0.2) is 5.76 Å². The minimum atomic E-state index is -0.910. The van der Waals surface area contributed by atoms with E-state index in [2.05, 4.69) is 0 Å². The zero-order chi connectivity index (χ0) is 31.3. The largest absolute Gasteiger partial charge is 0.519 e. The number of aryl methyl sites for hydroxylation is 1. The van der Waals surface area contributed by atoms with Crippen LogP contribution in [-0.2, 0) is 35.2 Å². The van der Waals surface area contributed by atoms with Gasteiger partial charge in [0.05, 0.1) is 36.1 Å². The second kappa shape index (κ2) is 11.9. The van der Waals surface area contributed by atoms with Crippen molar-refractivity contribution >= 4 is 35.5 Å². The molecular formula is C28H39N3O10S. The molecule has 14 heteroatoms. The fraction of sp³-hybridized carbons (Fsp3) is 0.679. The lowest BCUT2D eigenvalue weighted by atomic mass is 9.79. The quantitative estimate of drug-likeness (QED) is 0.244. The van der Waals surface area contributed by atoms with Crippen LogP contribution in [0.5, 0.6) is 0 Å². The van der Waals surface area contributed by atoms with Gasteiger partial charge < -0.3 is 33.2 Å². The summed E-state index contributed by atoms with van der Waals surface area (Å²) in [6, 6.07) is -0.954. The summed E-state index contributed by atoms with van der Waals surface area (Å²) in [7, 11) is 3.33.